The van der Waals surface area contributed by atoms with Gasteiger partial charge in [-0.2, -0.15) is 0 Å². The number of rotatable bonds is 4. The molecule has 1 heterocycles. The van der Waals surface area contributed by atoms with Gasteiger partial charge in [-0.05, 0) is 49.2 Å². The van der Waals surface area contributed by atoms with Crippen LogP contribution in [-0.4, -0.2) is 17.6 Å². The number of carbonyl (C=O) groups excluding carboxylic acids is 2. The average Bonchev–Trinajstić information content (AvgIpc) is 3.27. The Labute approximate surface area is 164 Å². The molecule has 0 bridgehead atoms. The van der Waals surface area contributed by atoms with Gasteiger partial charge in [0.05, 0.1) is 0 Å². The van der Waals surface area contributed by atoms with Crippen molar-refractivity contribution in [1.29, 1.82) is 0 Å². The third-order valence-corrected chi connectivity index (χ3v) is 5.10. The molecule has 146 valence electrons. The van der Waals surface area contributed by atoms with E-state index in [9.17, 15) is 9.59 Å². The van der Waals surface area contributed by atoms with E-state index in [4.69, 9.17) is 9.47 Å². The summed E-state index contributed by atoms with van der Waals surface area (Å²) in [5.74, 6) is 0.504. The number of hydrogen-bond donors (Lipinski definition) is 2. The maximum absolute atomic E-state index is 12.5. The summed E-state index contributed by atoms with van der Waals surface area (Å²) in [6.07, 6.45) is 3.99. The molecule has 1 saturated carbocycles. The Morgan fingerprint density at radius 1 is 0.893 bits per heavy atom. The van der Waals surface area contributed by atoms with Gasteiger partial charge >= 0.3 is 0 Å². The second kappa shape index (κ2) is 7.19. The van der Waals surface area contributed by atoms with Gasteiger partial charge in [0.15, 0.2) is 11.5 Å². The molecule has 4 rings (SSSR count). The van der Waals surface area contributed by atoms with Gasteiger partial charge in [-0.1, -0.05) is 13.8 Å². The van der Waals surface area contributed by atoms with Gasteiger partial charge in [-0.25, -0.2) is 0 Å². The number of hydrogen-bond acceptors (Lipinski definition) is 4. The lowest BCUT2D eigenvalue weighted by Gasteiger charge is -2.21. The van der Waals surface area contributed by atoms with Gasteiger partial charge in [0.2, 0.25) is 5.91 Å². The van der Waals surface area contributed by atoms with E-state index in [2.05, 4.69) is 10.6 Å². The highest BCUT2D eigenvalue weighted by Gasteiger charge is 2.44. The summed E-state index contributed by atoms with van der Waals surface area (Å²) in [7, 11) is 0. The molecule has 2 aliphatic rings. The van der Waals surface area contributed by atoms with E-state index < -0.39 is 5.79 Å². The summed E-state index contributed by atoms with van der Waals surface area (Å²) in [4.78, 5) is 24.3. The summed E-state index contributed by atoms with van der Waals surface area (Å²) < 4.78 is 12.0. The van der Waals surface area contributed by atoms with E-state index in [0.717, 1.165) is 31.4 Å². The van der Waals surface area contributed by atoms with Crippen molar-refractivity contribution in [2.24, 2.45) is 5.92 Å². The van der Waals surface area contributed by atoms with Crippen LogP contribution in [0.2, 0.25) is 0 Å². The van der Waals surface area contributed by atoms with E-state index in [1.54, 1.807) is 30.3 Å². The molecule has 6 heteroatoms. The summed E-state index contributed by atoms with van der Waals surface area (Å²) in [6, 6.07) is 12.3. The van der Waals surface area contributed by atoms with Crippen LogP contribution in [0.1, 0.15) is 49.9 Å². The van der Waals surface area contributed by atoms with Crippen molar-refractivity contribution in [2.75, 3.05) is 10.6 Å². The predicted octanol–water partition coefficient (Wildman–Crippen LogP) is 4.57. The van der Waals surface area contributed by atoms with Crippen molar-refractivity contribution in [3.8, 4) is 11.5 Å². The number of amides is 2. The van der Waals surface area contributed by atoms with Crippen LogP contribution >= 0.6 is 0 Å². The monoisotopic (exact) mass is 380 g/mol. The molecule has 0 saturated heterocycles. The fraction of sp³-hybridized carbons (Fsp3) is 0.364. The second-order valence-corrected chi connectivity index (χ2v) is 7.66. The first-order chi connectivity index (χ1) is 13.4. The van der Waals surface area contributed by atoms with Crippen molar-refractivity contribution >= 4 is 23.2 Å². The third-order valence-electron chi connectivity index (χ3n) is 5.10. The summed E-state index contributed by atoms with van der Waals surface area (Å²) in [5, 5.41) is 5.69. The highest BCUT2D eigenvalue weighted by Crippen LogP contribution is 2.47. The van der Waals surface area contributed by atoms with Crippen LogP contribution in [0.4, 0.5) is 11.4 Å². The van der Waals surface area contributed by atoms with Crippen molar-refractivity contribution in [3.63, 3.8) is 0 Å². The normalized spacial score (nSPS) is 16.4. The second-order valence-electron chi connectivity index (χ2n) is 7.66. The topological polar surface area (TPSA) is 76.7 Å². The van der Waals surface area contributed by atoms with Gasteiger partial charge in [-0.15, -0.1) is 0 Å². The molecule has 2 aromatic carbocycles. The Morgan fingerprint density at radius 2 is 1.54 bits per heavy atom. The van der Waals surface area contributed by atoms with Gasteiger partial charge in [-0.3, -0.25) is 9.59 Å². The maximum atomic E-state index is 12.5. The summed E-state index contributed by atoms with van der Waals surface area (Å²) in [5.41, 5.74) is 1.83. The third kappa shape index (κ3) is 3.67. The largest absolute Gasteiger partial charge is 0.448 e. The van der Waals surface area contributed by atoms with Crippen LogP contribution in [0.3, 0.4) is 0 Å². The zero-order valence-corrected chi connectivity index (χ0v) is 16.1. The maximum Gasteiger partial charge on any atom is 0.255 e. The average molecular weight is 380 g/mol. The molecule has 0 aromatic heterocycles. The minimum absolute atomic E-state index is 0.0578. The lowest BCUT2D eigenvalue weighted by atomic mass is 10.1. The first kappa shape index (κ1) is 18.3. The molecular formula is C22H24N2O4. The van der Waals surface area contributed by atoms with Crippen LogP contribution < -0.4 is 20.1 Å². The molecule has 0 atom stereocenters. The lowest BCUT2D eigenvalue weighted by Crippen LogP contribution is -2.34. The van der Waals surface area contributed by atoms with E-state index in [1.807, 2.05) is 26.0 Å². The molecule has 0 radical (unpaired) electrons. The number of benzene rings is 2. The Balaban J connectivity index is 1.41. The first-order valence-electron chi connectivity index (χ1n) is 9.68. The van der Waals surface area contributed by atoms with E-state index in [-0.39, 0.29) is 17.7 Å². The van der Waals surface area contributed by atoms with E-state index in [0.29, 0.717) is 22.7 Å². The molecule has 1 spiro atoms. The van der Waals surface area contributed by atoms with Crippen molar-refractivity contribution in [2.45, 2.75) is 45.3 Å². The van der Waals surface area contributed by atoms with Crippen LogP contribution in [0.5, 0.6) is 11.5 Å². The highest BCUT2D eigenvalue weighted by atomic mass is 16.7. The molecule has 1 aliphatic heterocycles. The molecular weight excluding hydrogens is 356 g/mol. The van der Waals surface area contributed by atoms with Crippen LogP contribution in [-0.2, 0) is 4.79 Å². The van der Waals surface area contributed by atoms with Gasteiger partial charge in [0, 0.05) is 41.8 Å². The Kier molecular flexibility index (Phi) is 4.71. The molecule has 2 amide bonds. The van der Waals surface area contributed by atoms with Gasteiger partial charge in [0.25, 0.3) is 11.7 Å². The Morgan fingerprint density at radius 3 is 2.21 bits per heavy atom. The van der Waals surface area contributed by atoms with Crippen molar-refractivity contribution in [1.82, 2.24) is 0 Å². The smallest absolute Gasteiger partial charge is 0.255 e. The molecule has 6 nitrogen and oxygen atoms in total. The number of anilines is 2. The van der Waals surface area contributed by atoms with E-state index >= 15 is 0 Å². The quantitative estimate of drug-likeness (QED) is 0.814. The fourth-order valence-electron chi connectivity index (χ4n) is 3.48. The summed E-state index contributed by atoms with van der Waals surface area (Å²) >= 11 is 0. The van der Waals surface area contributed by atoms with Crippen LogP contribution in [0.15, 0.2) is 42.5 Å². The highest BCUT2D eigenvalue weighted by molar-refractivity contribution is 6.04. The fourth-order valence-corrected chi connectivity index (χ4v) is 3.48. The zero-order valence-electron chi connectivity index (χ0n) is 16.1. The molecule has 2 aromatic rings. The van der Waals surface area contributed by atoms with Crippen molar-refractivity contribution in [3.05, 3.63) is 48.0 Å². The number of fused-ring (bicyclic) bond motifs is 1. The van der Waals surface area contributed by atoms with Gasteiger partial charge in [0.1, 0.15) is 0 Å². The Hall–Kier alpha value is -3.02. The number of ether oxygens (including phenoxy) is 2. The van der Waals surface area contributed by atoms with Crippen molar-refractivity contribution < 1.29 is 19.1 Å². The molecule has 28 heavy (non-hydrogen) atoms. The minimum Gasteiger partial charge on any atom is -0.448 e. The Bertz CT molecular complexity index is 899. The van der Waals surface area contributed by atoms with Gasteiger partial charge < -0.3 is 20.1 Å². The molecule has 1 aliphatic carbocycles. The number of nitrogens with one attached hydrogen (secondary N) is 2. The van der Waals surface area contributed by atoms with Crippen LogP contribution in [0, 0.1) is 5.92 Å². The zero-order chi connectivity index (χ0) is 19.7. The molecule has 2 N–H and O–H groups in total. The number of carbonyl (C=O) groups is 2. The standard InChI is InChI=1S/C22H24N2O4/c1-14(2)20(25)23-16-7-5-15(6-8-16)21(26)24-17-9-10-18-19(13-17)28-22(27-18)11-3-4-12-22/h5-10,13-14H,3-4,11-12H2,1-2H3,(H,23,25)(H,24,26). The molecule has 1 fully saturated rings. The predicted molar refractivity (Wildman–Crippen MR) is 107 cm³/mol. The van der Waals surface area contributed by atoms with E-state index in [1.165, 1.54) is 0 Å². The van der Waals surface area contributed by atoms with Crippen LogP contribution in [0.25, 0.3) is 0 Å². The SMILES string of the molecule is CC(C)C(=O)Nc1ccc(C(=O)Nc2ccc3c(c2)OC2(CCCC2)O3)cc1. The minimum atomic E-state index is -0.513. The first-order valence-corrected chi connectivity index (χ1v) is 9.68. The lowest BCUT2D eigenvalue weighted by molar-refractivity contribution is -0.118. The summed E-state index contributed by atoms with van der Waals surface area (Å²) in [6.45, 7) is 3.66. The molecule has 0 unspecified atom stereocenters.